The lowest BCUT2D eigenvalue weighted by atomic mass is 10.1. The Morgan fingerprint density at radius 2 is 2.13 bits per heavy atom. The third-order valence-corrected chi connectivity index (χ3v) is 3.47. The summed E-state index contributed by atoms with van der Waals surface area (Å²) >= 11 is 0. The van der Waals surface area contributed by atoms with Crippen LogP contribution < -0.4 is 10.9 Å². The number of anilines is 1. The van der Waals surface area contributed by atoms with Crippen molar-refractivity contribution in [2.75, 3.05) is 11.9 Å². The third kappa shape index (κ3) is 3.23. The van der Waals surface area contributed by atoms with Gasteiger partial charge in [0.1, 0.15) is 5.39 Å². The maximum atomic E-state index is 12.2. The average Bonchev–Trinajstić information content (AvgIpc) is 2.93. The normalized spacial score (nSPS) is 11.8. The number of rotatable bonds is 4. The van der Waals surface area contributed by atoms with E-state index in [2.05, 4.69) is 25.4 Å². The Labute approximate surface area is 133 Å². The van der Waals surface area contributed by atoms with Gasteiger partial charge in [0.2, 0.25) is 5.95 Å². The van der Waals surface area contributed by atoms with Crippen LogP contribution in [0, 0.1) is 0 Å². The van der Waals surface area contributed by atoms with E-state index in [0.29, 0.717) is 23.5 Å². The highest BCUT2D eigenvalue weighted by molar-refractivity contribution is 5.74. The summed E-state index contributed by atoms with van der Waals surface area (Å²) in [4.78, 5) is 23.7. The Hall–Kier alpha value is -2.70. The van der Waals surface area contributed by atoms with Gasteiger partial charge in [-0.2, -0.15) is 10.1 Å². The molecule has 2 N–H and O–H groups in total. The van der Waals surface area contributed by atoms with Crippen molar-refractivity contribution in [3.63, 3.8) is 0 Å². The van der Waals surface area contributed by atoms with Gasteiger partial charge in [0.25, 0.3) is 5.56 Å². The van der Waals surface area contributed by atoms with Crippen LogP contribution in [-0.4, -0.2) is 31.3 Å². The SMILES string of the molecule is CC(C)(C)n1ncc2c(=O)[nH]c(NCCc3ccccn3)nc21. The first-order valence-corrected chi connectivity index (χ1v) is 7.57. The molecule has 0 bridgehead atoms. The molecule has 0 atom stereocenters. The third-order valence-electron chi connectivity index (χ3n) is 3.47. The number of hydrogen-bond acceptors (Lipinski definition) is 5. The summed E-state index contributed by atoms with van der Waals surface area (Å²) in [7, 11) is 0. The van der Waals surface area contributed by atoms with E-state index >= 15 is 0 Å². The van der Waals surface area contributed by atoms with E-state index in [1.807, 2.05) is 39.0 Å². The fraction of sp³-hybridized carbons (Fsp3) is 0.375. The number of aromatic nitrogens is 5. The molecule has 3 rings (SSSR count). The molecule has 3 heterocycles. The van der Waals surface area contributed by atoms with Crippen molar-refractivity contribution in [3.05, 3.63) is 46.6 Å². The fourth-order valence-electron chi connectivity index (χ4n) is 2.35. The van der Waals surface area contributed by atoms with Crippen molar-refractivity contribution in [2.24, 2.45) is 0 Å². The first kappa shape index (κ1) is 15.2. The highest BCUT2D eigenvalue weighted by Gasteiger charge is 2.19. The molecule has 0 saturated carbocycles. The predicted molar refractivity (Wildman–Crippen MR) is 89.6 cm³/mol. The first-order valence-electron chi connectivity index (χ1n) is 7.57. The summed E-state index contributed by atoms with van der Waals surface area (Å²) in [6, 6.07) is 5.81. The monoisotopic (exact) mass is 312 g/mol. The van der Waals surface area contributed by atoms with Gasteiger partial charge in [0.15, 0.2) is 5.65 Å². The predicted octanol–water partition coefficient (Wildman–Crippen LogP) is 1.92. The Morgan fingerprint density at radius 3 is 2.83 bits per heavy atom. The van der Waals surface area contributed by atoms with Crippen LogP contribution in [0.1, 0.15) is 26.5 Å². The van der Waals surface area contributed by atoms with Gasteiger partial charge >= 0.3 is 0 Å². The fourth-order valence-corrected chi connectivity index (χ4v) is 2.35. The van der Waals surface area contributed by atoms with Crippen LogP contribution >= 0.6 is 0 Å². The molecular formula is C16H20N6O. The summed E-state index contributed by atoms with van der Waals surface area (Å²) in [5.74, 6) is 0.449. The van der Waals surface area contributed by atoms with Gasteiger partial charge < -0.3 is 5.32 Å². The van der Waals surface area contributed by atoms with Crippen molar-refractivity contribution in [1.82, 2.24) is 24.7 Å². The zero-order valence-corrected chi connectivity index (χ0v) is 13.5. The topological polar surface area (TPSA) is 88.5 Å². The van der Waals surface area contributed by atoms with E-state index in [4.69, 9.17) is 0 Å². The van der Waals surface area contributed by atoms with Crippen LogP contribution in [0.3, 0.4) is 0 Å². The maximum absolute atomic E-state index is 12.2. The van der Waals surface area contributed by atoms with Crippen LogP contribution in [0.5, 0.6) is 0 Å². The Bertz CT molecular complexity index is 860. The Kier molecular flexibility index (Phi) is 3.85. The van der Waals surface area contributed by atoms with Crippen LogP contribution in [0.25, 0.3) is 11.0 Å². The summed E-state index contributed by atoms with van der Waals surface area (Å²) < 4.78 is 1.77. The molecule has 0 amide bonds. The minimum atomic E-state index is -0.242. The number of nitrogens with one attached hydrogen (secondary N) is 2. The van der Waals surface area contributed by atoms with Gasteiger partial charge in [-0.25, -0.2) is 4.68 Å². The molecule has 0 radical (unpaired) electrons. The number of fused-ring (bicyclic) bond motifs is 1. The van der Waals surface area contributed by atoms with Crippen molar-refractivity contribution in [1.29, 1.82) is 0 Å². The summed E-state index contributed by atoms with van der Waals surface area (Å²) in [5, 5.41) is 7.94. The molecule has 7 nitrogen and oxygen atoms in total. The van der Waals surface area contributed by atoms with Gasteiger partial charge in [-0.3, -0.25) is 14.8 Å². The lowest BCUT2D eigenvalue weighted by Crippen LogP contribution is -2.24. The lowest BCUT2D eigenvalue weighted by Gasteiger charge is -2.19. The molecule has 23 heavy (non-hydrogen) atoms. The van der Waals surface area contributed by atoms with Crippen LogP contribution in [0.4, 0.5) is 5.95 Å². The van der Waals surface area contributed by atoms with Crippen LogP contribution in [0.15, 0.2) is 35.4 Å². The number of nitrogens with zero attached hydrogens (tertiary/aromatic N) is 4. The van der Waals surface area contributed by atoms with Gasteiger partial charge in [-0.15, -0.1) is 0 Å². The van der Waals surface area contributed by atoms with Crippen LogP contribution in [0.2, 0.25) is 0 Å². The standard InChI is InChI=1S/C16H20N6O/c1-16(2,3)22-13-12(10-19-22)14(23)21-15(20-13)18-9-7-11-6-4-5-8-17-11/h4-6,8,10H,7,9H2,1-3H3,(H2,18,20,21,23). The van der Waals surface area contributed by atoms with E-state index in [1.165, 1.54) is 0 Å². The van der Waals surface area contributed by atoms with E-state index in [9.17, 15) is 4.79 Å². The quantitative estimate of drug-likeness (QED) is 0.768. The molecule has 0 aliphatic rings. The van der Waals surface area contributed by atoms with E-state index in [0.717, 1.165) is 12.1 Å². The zero-order valence-electron chi connectivity index (χ0n) is 13.5. The number of pyridine rings is 1. The summed E-state index contributed by atoms with van der Waals surface area (Å²) in [5.41, 5.74) is 1.14. The second-order valence-corrected chi connectivity index (χ2v) is 6.38. The lowest BCUT2D eigenvalue weighted by molar-refractivity contribution is 0.366. The molecule has 0 aliphatic heterocycles. The molecule has 0 aromatic carbocycles. The van der Waals surface area contributed by atoms with Gasteiger partial charge in [0.05, 0.1) is 11.7 Å². The number of aromatic amines is 1. The molecule has 3 aromatic heterocycles. The summed E-state index contributed by atoms with van der Waals surface area (Å²) in [6.45, 7) is 6.71. The smallest absolute Gasteiger partial charge is 0.263 e. The molecule has 0 aliphatic carbocycles. The molecule has 7 heteroatoms. The van der Waals surface area contributed by atoms with Crippen LogP contribution in [-0.2, 0) is 12.0 Å². The highest BCUT2D eigenvalue weighted by atomic mass is 16.1. The minimum Gasteiger partial charge on any atom is -0.355 e. The molecule has 120 valence electrons. The first-order chi connectivity index (χ1) is 10.9. The van der Waals surface area contributed by atoms with Gasteiger partial charge in [-0.1, -0.05) is 6.07 Å². The maximum Gasteiger partial charge on any atom is 0.263 e. The molecule has 0 saturated heterocycles. The second-order valence-electron chi connectivity index (χ2n) is 6.38. The largest absolute Gasteiger partial charge is 0.355 e. The minimum absolute atomic E-state index is 0.189. The van der Waals surface area contributed by atoms with Gasteiger partial charge in [-0.05, 0) is 32.9 Å². The van der Waals surface area contributed by atoms with Crippen molar-refractivity contribution in [2.45, 2.75) is 32.7 Å². The van der Waals surface area contributed by atoms with E-state index in [-0.39, 0.29) is 11.1 Å². The van der Waals surface area contributed by atoms with Crippen molar-refractivity contribution in [3.8, 4) is 0 Å². The number of H-pyrrole nitrogens is 1. The van der Waals surface area contributed by atoms with Crippen molar-refractivity contribution < 1.29 is 0 Å². The Balaban J connectivity index is 1.83. The van der Waals surface area contributed by atoms with Crippen molar-refractivity contribution >= 4 is 17.0 Å². The van der Waals surface area contributed by atoms with E-state index in [1.54, 1.807) is 17.1 Å². The zero-order chi connectivity index (χ0) is 16.4. The van der Waals surface area contributed by atoms with E-state index < -0.39 is 0 Å². The number of hydrogen-bond donors (Lipinski definition) is 2. The molecule has 0 spiro atoms. The Morgan fingerprint density at radius 1 is 1.30 bits per heavy atom. The molecular weight excluding hydrogens is 292 g/mol. The highest BCUT2D eigenvalue weighted by Crippen LogP contribution is 2.18. The summed E-state index contributed by atoms with van der Waals surface area (Å²) in [6.07, 6.45) is 4.08. The van der Waals surface area contributed by atoms with Gasteiger partial charge in [0, 0.05) is 24.9 Å². The second kappa shape index (κ2) is 5.83. The molecule has 0 fully saturated rings. The average molecular weight is 312 g/mol. The molecule has 0 unspecified atom stereocenters. The molecule has 3 aromatic rings.